The van der Waals surface area contributed by atoms with Crippen LogP contribution in [0.1, 0.15) is 40.0 Å². The quantitative estimate of drug-likeness (QED) is 0.715. The Hall–Kier alpha value is -1.10. The highest BCUT2D eigenvalue weighted by Crippen LogP contribution is 2.33. The molecule has 1 aliphatic heterocycles. The molecule has 0 aliphatic carbocycles. The van der Waals surface area contributed by atoms with Crippen LogP contribution in [0.5, 0.6) is 0 Å². The molecule has 1 rings (SSSR count). The van der Waals surface area contributed by atoms with Crippen LogP contribution < -0.4 is 11.1 Å². The van der Waals surface area contributed by atoms with E-state index in [4.69, 9.17) is 5.73 Å². The Bertz CT molecular complexity index is 323. The third-order valence-corrected chi connectivity index (χ3v) is 3.65. The molecule has 0 aromatic heterocycles. The lowest BCUT2D eigenvalue weighted by Gasteiger charge is -2.34. The summed E-state index contributed by atoms with van der Waals surface area (Å²) < 4.78 is 0. The largest absolute Gasteiger partial charge is 0.368 e. The number of amides is 2. The van der Waals surface area contributed by atoms with Crippen LogP contribution >= 0.6 is 0 Å². The summed E-state index contributed by atoms with van der Waals surface area (Å²) in [7, 11) is 0. The molecular weight excluding hydrogens is 242 g/mol. The average Bonchev–Trinajstić information content (AvgIpc) is 2.76. The lowest BCUT2D eigenvalue weighted by Crippen LogP contribution is -2.49. The molecule has 3 N–H and O–H groups in total. The summed E-state index contributed by atoms with van der Waals surface area (Å²) >= 11 is 0. The molecule has 1 unspecified atom stereocenters. The number of carbonyl (C=O) groups is 2. The molecule has 19 heavy (non-hydrogen) atoms. The number of nitrogens with one attached hydrogen (secondary N) is 1. The van der Waals surface area contributed by atoms with Gasteiger partial charge in [-0.15, -0.1) is 0 Å². The molecule has 0 saturated carbocycles. The fourth-order valence-corrected chi connectivity index (χ4v) is 2.91. The first-order valence-corrected chi connectivity index (χ1v) is 7.19. The van der Waals surface area contributed by atoms with E-state index in [0.29, 0.717) is 19.0 Å². The highest BCUT2D eigenvalue weighted by molar-refractivity contribution is 5.87. The van der Waals surface area contributed by atoms with E-state index < -0.39 is 5.91 Å². The summed E-state index contributed by atoms with van der Waals surface area (Å²) in [6.45, 7) is 8.39. The zero-order valence-electron chi connectivity index (χ0n) is 12.4. The topological polar surface area (TPSA) is 75.4 Å². The summed E-state index contributed by atoms with van der Waals surface area (Å²) in [5.74, 6) is -0.0187. The van der Waals surface area contributed by atoms with Crippen LogP contribution in [0.25, 0.3) is 0 Å². The van der Waals surface area contributed by atoms with Gasteiger partial charge in [0.1, 0.15) is 0 Å². The van der Waals surface area contributed by atoms with E-state index in [9.17, 15) is 9.59 Å². The van der Waals surface area contributed by atoms with Crippen molar-refractivity contribution in [2.75, 3.05) is 26.2 Å². The van der Waals surface area contributed by atoms with Crippen LogP contribution in [-0.4, -0.2) is 42.9 Å². The average molecular weight is 269 g/mol. The minimum Gasteiger partial charge on any atom is -0.368 e. The van der Waals surface area contributed by atoms with Gasteiger partial charge in [-0.1, -0.05) is 27.2 Å². The summed E-state index contributed by atoms with van der Waals surface area (Å²) in [6, 6.07) is 0. The third-order valence-electron chi connectivity index (χ3n) is 3.65. The number of nitrogens with two attached hydrogens (primary N) is 1. The van der Waals surface area contributed by atoms with Crippen LogP contribution in [0.2, 0.25) is 0 Å². The van der Waals surface area contributed by atoms with Gasteiger partial charge in [0.25, 0.3) is 0 Å². The number of rotatable bonds is 7. The van der Waals surface area contributed by atoms with Crippen LogP contribution in [0.4, 0.5) is 0 Å². The Kier molecular flexibility index (Phi) is 5.79. The summed E-state index contributed by atoms with van der Waals surface area (Å²) in [6.07, 6.45) is 2.69. The zero-order valence-corrected chi connectivity index (χ0v) is 12.4. The third kappa shape index (κ3) is 4.20. The van der Waals surface area contributed by atoms with Gasteiger partial charge in [0.15, 0.2) is 0 Å². The number of hydrogen-bond donors (Lipinski definition) is 2. The van der Waals surface area contributed by atoms with Gasteiger partial charge in [-0.05, 0) is 25.3 Å². The van der Waals surface area contributed by atoms with Gasteiger partial charge in [0.05, 0.1) is 12.0 Å². The van der Waals surface area contributed by atoms with Crippen molar-refractivity contribution in [3.05, 3.63) is 0 Å². The fourth-order valence-electron chi connectivity index (χ4n) is 2.91. The van der Waals surface area contributed by atoms with Crippen molar-refractivity contribution < 1.29 is 9.59 Å². The van der Waals surface area contributed by atoms with Crippen LogP contribution in [0.15, 0.2) is 0 Å². The van der Waals surface area contributed by atoms with Crippen molar-refractivity contribution in [1.82, 2.24) is 10.2 Å². The van der Waals surface area contributed by atoms with E-state index in [2.05, 4.69) is 12.2 Å². The van der Waals surface area contributed by atoms with E-state index >= 15 is 0 Å². The van der Waals surface area contributed by atoms with Gasteiger partial charge in [-0.25, -0.2) is 0 Å². The predicted octanol–water partition coefficient (Wildman–Crippen LogP) is 0.736. The molecule has 1 atom stereocenters. The maximum absolute atomic E-state index is 12.8. The molecule has 0 radical (unpaired) electrons. The van der Waals surface area contributed by atoms with E-state index in [-0.39, 0.29) is 17.9 Å². The summed E-state index contributed by atoms with van der Waals surface area (Å²) in [5.41, 5.74) is 4.94. The van der Waals surface area contributed by atoms with Gasteiger partial charge < -0.3 is 16.0 Å². The first-order chi connectivity index (χ1) is 8.91. The van der Waals surface area contributed by atoms with Crippen molar-refractivity contribution in [3.8, 4) is 0 Å². The molecule has 1 saturated heterocycles. The van der Waals surface area contributed by atoms with E-state index in [0.717, 1.165) is 25.8 Å². The van der Waals surface area contributed by atoms with Gasteiger partial charge in [-0.2, -0.15) is 0 Å². The van der Waals surface area contributed by atoms with Gasteiger partial charge >= 0.3 is 0 Å². The SMILES string of the molecule is CCCC1(C(=O)N(CC(N)=O)CC(C)C)CCNC1. The van der Waals surface area contributed by atoms with Crippen LogP contribution in [0, 0.1) is 11.3 Å². The Balaban J connectivity index is 2.85. The van der Waals surface area contributed by atoms with Crippen LogP contribution in [0.3, 0.4) is 0 Å². The molecule has 5 nitrogen and oxygen atoms in total. The maximum atomic E-state index is 12.8. The Morgan fingerprint density at radius 1 is 1.42 bits per heavy atom. The molecule has 0 spiro atoms. The lowest BCUT2D eigenvalue weighted by molar-refractivity contribution is -0.144. The highest BCUT2D eigenvalue weighted by Gasteiger charge is 2.42. The van der Waals surface area contributed by atoms with E-state index in [1.165, 1.54) is 0 Å². The number of primary amides is 1. The smallest absolute Gasteiger partial charge is 0.237 e. The second-order valence-corrected chi connectivity index (χ2v) is 6.00. The Morgan fingerprint density at radius 3 is 2.53 bits per heavy atom. The number of carbonyl (C=O) groups excluding carboxylic acids is 2. The fraction of sp³-hybridized carbons (Fsp3) is 0.857. The zero-order chi connectivity index (χ0) is 14.5. The molecule has 1 fully saturated rings. The molecular formula is C14H27N3O2. The van der Waals surface area contributed by atoms with Crippen molar-refractivity contribution in [2.24, 2.45) is 17.1 Å². The van der Waals surface area contributed by atoms with Crippen LogP contribution in [-0.2, 0) is 9.59 Å². The molecule has 1 aliphatic rings. The molecule has 0 aromatic carbocycles. The molecule has 1 heterocycles. The van der Waals surface area contributed by atoms with Crippen molar-refractivity contribution in [3.63, 3.8) is 0 Å². The monoisotopic (exact) mass is 269 g/mol. The summed E-state index contributed by atoms with van der Waals surface area (Å²) in [5, 5.41) is 3.28. The second kappa shape index (κ2) is 6.89. The van der Waals surface area contributed by atoms with Gasteiger partial charge in [0.2, 0.25) is 11.8 Å². The molecule has 2 amide bonds. The predicted molar refractivity (Wildman–Crippen MR) is 75.4 cm³/mol. The van der Waals surface area contributed by atoms with Gasteiger partial charge in [-0.3, -0.25) is 9.59 Å². The Labute approximate surface area is 115 Å². The normalized spacial score (nSPS) is 22.7. The maximum Gasteiger partial charge on any atom is 0.237 e. The molecule has 5 heteroatoms. The minimum atomic E-state index is -0.438. The summed E-state index contributed by atoms with van der Waals surface area (Å²) in [4.78, 5) is 25.6. The van der Waals surface area contributed by atoms with E-state index in [1.807, 2.05) is 13.8 Å². The molecule has 110 valence electrons. The van der Waals surface area contributed by atoms with Gasteiger partial charge in [0, 0.05) is 13.1 Å². The first-order valence-electron chi connectivity index (χ1n) is 7.19. The number of hydrogen-bond acceptors (Lipinski definition) is 3. The first kappa shape index (κ1) is 16.0. The van der Waals surface area contributed by atoms with E-state index in [1.54, 1.807) is 4.90 Å². The standard InChI is InChI=1S/C14H27N3O2/c1-4-5-14(6-7-16-10-14)13(19)17(8-11(2)3)9-12(15)18/h11,16H,4-10H2,1-3H3,(H2,15,18). The second-order valence-electron chi connectivity index (χ2n) is 6.00. The highest BCUT2D eigenvalue weighted by atomic mass is 16.2. The Morgan fingerprint density at radius 2 is 2.11 bits per heavy atom. The van der Waals surface area contributed by atoms with Crippen molar-refractivity contribution in [1.29, 1.82) is 0 Å². The van der Waals surface area contributed by atoms with Crippen molar-refractivity contribution >= 4 is 11.8 Å². The molecule has 0 aromatic rings. The van der Waals surface area contributed by atoms with Crippen molar-refractivity contribution in [2.45, 2.75) is 40.0 Å². The minimum absolute atomic E-state index is 0.0302. The number of nitrogens with zero attached hydrogens (tertiary/aromatic N) is 1. The lowest BCUT2D eigenvalue weighted by atomic mass is 9.81. The molecule has 0 bridgehead atoms.